The number of halogens is 2. The highest BCUT2D eigenvalue weighted by Crippen LogP contribution is 2.12. The van der Waals surface area contributed by atoms with Gasteiger partial charge in [-0.2, -0.15) is 0 Å². The van der Waals surface area contributed by atoms with Crippen molar-refractivity contribution in [1.82, 2.24) is 10.6 Å². The third-order valence-corrected chi connectivity index (χ3v) is 3.37. The van der Waals surface area contributed by atoms with Gasteiger partial charge in [0.2, 0.25) is 5.91 Å². The first kappa shape index (κ1) is 17.6. The second kappa shape index (κ2) is 8.16. The van der Waals surface area contributed by atoms with Crippen molar-refractivity contribution < 1.29 is 18.4 Å². The van der Waals surface area contributed by atoms with Gasteiger partial charge in [-0.1, -0.05) is 36.4 Å². The molecular weight excluding hydrogens is 316 g/mol. The van der Waals surface area contributed by atoms with Gasteiger partial charge in [0.25, 0.3) is 5.91 Å². The molecule has 0 saturated heterocycles. The minimum atomic E-state index is -0.931. The SMILES string of the molecule is NC(=O)[C@@H](NCCNC(=O)c1c(F)cccc1F)c1ccccc1. The zero-order valence-electron chi connectivity index (χ0n) is 12.8. The maximum Gasteiger partial charge on any atom is 0.257 e. The van der Waals surface area contributed by atoms with Gasteiger partial charge in [-0.05, 0) is 17.7 Å². The molecule has 7 heteroatoms. The van der Waals surface area contributed by atoms with Crippen molar-refractivity contribution in [2.75, 3.05) is 13.1 Å². The lowest BCUT2D eigenvalue weighted by Gasteiger charge is -2.16. The standard InChI is InChI=1S/C17H17F2N3O2/c18-12-7-4-8-13(19)14(12)17(24)22-10-9-21-15(16(20)23)11-5-2-1-3-6-11/h1-8,15,21H,9-10H2,(H2,20,23)(H,22,24)/t15-/m0/s1. The number of rotatable bonds is 7. The number of nitrogens with two attached hydrogens (primary N) is 1. The molecule has 2 rings (SSSR count). The van der Waals surface area contributed by atoms with Crippen LogP contribution in [-0.2, 0) is 4.79 Å². The highest BCUT2D eigenvalue weighted by Gasteiger charge is 2.18. The van der Waals surface area contributed by atoms with Crippen LogP contribution in [0.3, 0.4) is 0 Å². The van der Waals surface area contributed by atoms with Crippen LogP contribution in [0, 0.1) is 11.6 Å². The van der Waals surface area contributed by atoms with E-state index in [1.165, 1.54) is 6.07 Å². The maximum absolute atomic E-state index is 13.5. The average molecular weight is 333 g/mol. The lowest BCUT2D eigenvalue weighted by Crippen LogP contribution is -2.39. The van der Waals surface area contributed by atoms with E-state index in [4.69, 9.17) is 5.73 Å². The summed E-state index contributed by atoms with van der Waals surface area (Å²) >= 11 is 0. The second-order valence-electron chi connectivity index (χ2n) is 5.05. The van der Waals surface area contributed by atoms with E-state index in [9.17, 15) is 18.4 Å². The molecule has 0 radical (unpaired) electrons. The van der Waals surface area contributed by atoms with Crippen LogP contribution in [0.5, 0.6) is 0 Å². The highest BCUT2D eigenvalue weighted by atomic mass is 19.1. The number of carbonyl (C=O) groups excluding carboxylic acids is 2. The minimum absolute atomic E-state index is 0.0726. The summed E-state index contributed by atoms with van der Waals surface area (Å²) in [6, 6.07) is 11.3. The molecule has 0 aliphatic heterocycles. The third-order valence-electron chi connectivity index (χ3n) is 3.37. The van der Waals surface area contributed by atoms with Crippen LogP contribution in [0.1, 0.15) is 22.0 Å². The monoisotopic (exact) mass is 333 g/mol. The summed E-state index contributed by atoms with van der Waals surface area (Å²) in [7, 11) is 0. The van der Waals surface area contributed by atoms with Crippen molar-refractivity contribution in [2.24, 2.45) is 5.73 Å². The molecule has 5 nitrogen and oxygen atoms in total. The van der Waals surface area contributed by atoms with Gasteiger partial charge >= 0.3 is 0 Å². The van der Waals surface area contributed by atoms with Crippen LogP contribution >= 0.6 is 0 Å². The van der Waals surface area contributed by atoms with Gasteiger partial charge in [-0.25, -0.2) is 8.78 Å². The fourth-order valence-corrected chi connectivity index (χ4v) is 2.22. The molecule has 1 atom stereocenters. The van der Waals surface area contributed by atoms with Crippen LogP contribution in [0.2, 0.25) is 0 Å². The summed E-state index contributed by atoms with van der Waals surface area (Å²) in [4.78, 5) is 23.3. The Bertz CT molecular complexity index is 703. The number of primary amides is 1. The molecule has 2 amide bonds. The summed E-state index contributed by atoms with van der Waals surface area (Å²) in [5, 5.41) is 5.29. The number of hydrogen-bond donors (Lipinski definition) is 3. The quantitative estimate of drug-likeness (QED) is 0.672. The molecule has 4 N–H and O–H groups in total. The number of benzene rings is 2. The smallest absolute Gasteiger partial charge is 0.257 e. The number of amides is 2. The Hall–Kier alpha value is -2.80. The third kappa shape index (κ3) is 4.36. The minimum Gasteiger partial charge on any atom is -0.368 e. The van der Waals surface area contributed by atoms with E-state index < -0.39 is 35.1 Å². The Balaban J connectivity index is 1.90. The van der Waals surface area contributed by atoms with Crippen LogP contribution in [0.4, 0.5) is 8.78 Å². The summed E-state index contributed by atoms with van der Waals surface area (Å²) in [5.74, 6) is -3.28. The van der Waals surface area contributed by atoms with E-state index in [2.05, 4.69) is 10.6 Å². The van der Waals surface area contributed by atoms with Crippen LogP contribution < -0.4 is 16.4 Å². The fourth-order valence-electron chi connectivity index (χ4n) is 2.22. The van der Waals surface area contributed by atoms with Crippen molar-refractivity contribution in [3.8, 4) is 0 Å². The fraction of sp³-hybridized carbons (Fsp3) is 0.176. The van der Waals surface area contributed by atoms with Gasteiger partial charge in [0, 0.05) is 13.1 Å². The molecule has 0 unspecified atom stereocenters. The van der Waals surface area contributed by atoms with Crippen molar-refractivity contribution in [2.45, 2.75) is 6.04 Å². The first-order valence-corrected chi connectivity index (χ1v) is 7.30. The summed E-state index contributed by atoms with van der Waals surface area (Å²) in [5.41, 5.74) is 5.41. The molecule has 126 valence electrons. The Morgan fingerprint density at radius 1 is 0.958 bits per heavy atom. The van der Waals surface area contributed by atoms with Crippen molar-refractivity contribution >= 4 is 11.8 Å². The number of hydrogen-bond acceptors (Lipinski definition) is 3. The van der Waals surface area contributed by atoms with E-state index in [0.29, 0.717) is 5.56 Å². The first-order valence-electron chi connectivity index (χ1n) is 7.30. The molecule has 2 aromatic carbocycles. The first-order chi connectivity index (χ1) is 11.5. The summed E-state index contributed by atoms with van der Waals surface area (Å²) in [6.45, 7) is 0.271. The van der Waals surface area contributed by atoms with Crippen LogP contribution in [0.25, 0.3) is 0 Å². The predicted octanol–water partition coefficient (Wildman–Crippen LogP) is 1.51. The van der Waals surface area contributed by atoms with Gasteiger partial charge in [0.1, 0.15) is 23.2 Å². The molecule has 0 saturated carbocycles. The molecular formula is C17H17F2N3O2. The van der Waals surface area contributed by atoms with Gasteiger partial charge in [0.05, 0.1) is 0 Å². The van der Waals surface area contributed by atoms with Crippen LogP contribution in [-0.4, -0.2) is 24.9 Å². The molecule has 0 fully saturated rings. The van der Waals surface area contributed by atoms with E-state index in [-0.39, 0.29) is 13.1 Å². The number of nitrogens with one attached hydrogen (secondary N) is 2. The Morgan fingerprint density at radius 3 is 2.17 bits per heavy atom. The Morgan fingerprint density at radius 2 is 1.58 bits per heavy atom. The summed E-state index contributed by atoms with van der Waals surface area (Å²) < 4.78 is 27.0. The van der Waals surface area contributed by atoms with Gasteiger partial charge in [-0.15, -0.1) is 0 Å². The largest absolute Gasteiger partial charge is 0.368 e. The molecule has 2 aromatic rings. The lowest BCUT2D eigenvalue weighted by molar-refractivity contribution is -0.120. The molecule has 0 aliphatic carbocycles. The van der Waals surface area contributed by atoms with E-state index in [1.807, 2.05) is 6.07 Å². The molecule has 0 aromatic heterocycles. The molecule has 0 aliphatic rings. The van der Waals surface area contributed by atoms with Gasteiger partial charge < -0.3 is 16.4 Å². The van der Waals surface area contributed by atoms with Crippen molar-refractivity contribution in [1.29, 1.82) is 0 Å². The van der Waals surface area contributed by atoms with E-state index >= 15 is 0 Å². The zero-order valence-corrected chi connectivity index (χ0v) is 12.8. The topological polar surface area (TPSA) is 84.2 Å². The lowest BCUT2D eigenvalue weighted by atomic mass is 10.1. The number of carbonyl (C=O) groups is 2. The second-order valence-corrected chi connectivity index (χ2v) is 5.05. The van der Waals surface area contributed by atoms with E-state index in [1.54, 1.807) is 24.3 Å². The molecule has 0 spiro atoms. The highest BCUT2D eigenvalue weighted by molar-refractivity contribution is 5.94. The van der Waals surface area contributed by atoms with Crippen molar-refractivity contribution in [3.63, 3.8) is 0 Å². The molecule has 0 bridgehead atoms. The zero-order chi connectivity index (χ0) is 17.5. The summed E-state index contributed by atoms with van der Waals surface area (Å²) in [6.07, 6.45) is 0. The van der Waals surface area contributed by atoms with Gasteiger partial charge in [0.15, 0.2) is 0 Å². The maximum atomic E-state index is 13.5. The molecule has 0 heterocycles. The van der Waals surface area contributed by atoms with Gasteiger partial charge in [-0.3, -0.25) is 9.59 Å². The Kier molecular flexibility index (Phi) is 5.97. The van der Waals surface area contributed by atoms with E-state index in [0.717, 1.165) is 12.1 Å². The molecule has 24 heavy (non-hydrogen) atoms. The van der Waals surface area contributed by atoms with Crippen LogP contribution in [0.15, 0.2) is 48.5 Å². The van der Waals surface area contributed by atoms with Crippen molar-refractivity contribution in [3.05, 3.63) is 71.3 Å². The average Bonchev–Trinajstić information content (AvgIpc) is 2.55. The predicted molar refractivity (Wildman–Crippen MR) is 85.1 cm³/mol. The Labute approximate surface area is 137 Å². The normalized spacial score (nSPS) is 11.8.